The van der Waals surface area contributed by atoms with Crippen LogP contribution < -0.4 is 10.2 Å². The van der Waals surface area contributed by atoms with Crippen molar-refractivity contribution in [3.63, 3.8) is 0 Å². The number of carbonyl (C=O) groups is 1. The number of carbonyl (C=O) groups excluding carboxylic acids is 1. The highest BCUT2D eigenvalue weighted by atomic mass is 79.9. The van der Waals surface area contributed by atoms with Crippen LogP contribution in [-0.2, 0) is 0 Å². The predicted octanol–water partition coefficient (Wildman–Crippen LogP) is 4.33. The molecule has 23 heavy (non-hydrogen) atoms. The molecule has 1 unspecified atom stereocenters. The molecule has 1 aliphatic heterocycles. The second kappa shape index (κ2) is 7.13. The Bertz CT molecular complexity index is 670. The van der Waals surface area contributed by atoms with Crippen molar-refractivity contribution < 1.29 is 4.79 Å². The number of amides is 1. The van der Waals surface area contributed by atoms with E-state index in [0.29, 0.717) is 17.2 Å². The van der Waals surface area contributed by atoms with E-state index in [1.54, 1.807) is 18.3 Å². The van der Waals surface area contributed by atoms with Gasteiger partial charge in [0.1, 0.15) is 5.82 Å². The average Bonchev–Trinajstić information content (AvgIpc) is 2.56. The molecule has 1 aromatic carbocycles. The van der Waals surface area contributed by atoms with Crippen LogP contribution in [0.4, 0.5) is 11.5 Å². The Morgan fingerprint density at radius 3 is 2.70 bits per heavy atom. The monoisotopic (exact) mass is 373 g/mol. The van der Waals surface area contributed by atoms with E-state index in [4.69, 9.17) is 0 Å². The normalized spacial score (nSPS) is 17.8. The molecule has 1 saturated heterocycles. The second-order valence-electron chi connectivity index (χ2n) is 6.06. The van der Waals surface area contributed by atoms with E-state index in [1.165, 1.54) is 12.8 Å². The van der Waals surface area contributed by atoms with Crippen molar-refractivity contribution in [2.75, 3.05) is 23.3 Å². The minimum absolute atomic E-state index is 0.126. The van der Waals surface area contributed by atoms with Gasteiger partial charge in [-0.05, 0) is 55.2 Å². The molecule has 0 bridgehead atoms. The first kappa shape index (κ1) is 16.0. The molecule has 0 radical (unpaired) electrons. The fraction of sp³-hybridized carbons (Fsp3) is 0.333. The number of hydrogen-bond acceptors (Lipinski definition) is 3. The summed E-state index contributed by atoms with van der Waals surface area (Å²) in [5.41, 5.74) is 1.34. The van der Waals surface area contributed by atoms with Crippen LogP contribution in [-0.4, -0.2) is 24.0 Å². The number of nitrogens with zero attached hydrogens (tertiary/aromatic N) is 2. The second-order valence-corrected chi connectivity index (χ2v) is 6.98. The van der Waals surface area contributed by atoms with Gasteiger partial charge in [-0.2, -0.15) is 0 Å². The molecule has 4 nitrogen and oxygen atoms in total. The maximum atomic E-state index is 12.2. The number of benzene rings is 1. The topological polar surface area (TPSA) is 45.2 Å². The van der Waals surface area contributed by atoms with Crippen molar-refractivity contribution in [1.29, 1.82) is 0 Å². The summed E-state index contributed by atoms with van der Waals surface area (Å²) in [4.78, 5) is 19.0. The molecule has 1 N–H and O–H groups in total. The molecule has 1 fully saturated rings. The smallest absolute Gasteiger partial charge is 0.255 e. The third-order valence-corrected chi connectivity index (χ3v) is 4.62. The summed E-state index contributed by atoms with van der Waals surface area (Å²) in [5.74, 6) is 1.57. The molecule has 120 valence electrons. The van der Waals surface area contributed by atoms with Gasteiger partial charge in [-0.25, -0.2) is 4.98 Å². The Morgan fingerprint density at radius 2 is 2.04 bits per heavy atom. The van der Waals surface area contributed by atoms with E-state index in [1.807, 2.05) is 24.3 Å². The molecule has 1 amide bonds. The van der Waals surface area contributed by atoms with Crippen molar-refractivity contribution in [2.24, 2.45) is 5.92 Å². The third-order valence-electron chi connectivity index (χ3n) is 4.09. The molecule has 0 aliphatic carbocycles. The van der Waals surface area contributed by atoms with E-state index in [0.717, 1.165) is 23.4 Å². The van der Waals surface area contributed by atoms with Gasteiger partial charge in [0.2, 0.25) is 0 Å². The standard InChI is InChI=1S/C18H20BrN3O/c1-13-3-2-10-22(12-13)17-9-8-16(11-20-17)21-18(23)14-4-6-15(19)7-5-14/h4-9,11,13H,2-3,10,12H2,1H3,(H,21,23). The highest BCUT2D eigenvalue weighted by molar-refractivity contribution is 9.10. The number of aromatic nitrogens is 1. The molecule has 1 aliphatic rings. The summed E-state index contributed by atoms with van der Waals surface area (Å²) in [6.45, 7) is 4.39. The zero-order chi connectivity index (χ0) is 16.2. The molecule has 0 saturated carbocycles. The van der Waals surface area contributed by atoms with Crippen molar-refractivity contribution in [1.82, 2.24) is 4.98 Å². The number of nitrogens with one attached hydrogen (secondary N) is 1. The molecule has 1 aromatic heterocycles. The molecule has 0 spiro atoms. The van der Waals surface area contributed by atoms with Gasteiger partial charge in [0.25, 0.3) is 5.91 Å². The van der Waals surface area contributed by atoms with Crippen LogP contribution in [0.2, 0.25) is 0 Å². The minimum atomic E-state index is -0.126. The number of halogens is 1. The first-order chi connectivity index (χ1) is 11.1. The summed E-state index contributed by atoms with van der Waals surface area (Å²) < 4.78 is 0.954. The molecule has 5 heteroatoms. The van der Waals surface area contributed by atoms with Gasteiger partial charge in [0.05, 0.1) is 11.9 Å². The molecule has 2 heterocycles. The van der Waals surface area contributed by atoms with Gasteiger partial charge in [-0.15, -0.1) is 0 Å². The van der Waals surface area contributed by atoms with E-state index in [-0.39, 0.29) is 5.91 Å². The van der Waals surface area contributed by atoms with E-state index in [2.05, 4.69) is 38.1 Å². The predicted molar refractivity (Wildman–Crippen MR) is 96.9 cm³/mol. The average molecular weight is 374 g/mol. The van der Waals surface area contributed by atoms with Crippen LogP contribution in [0.3, 0.4) is 0 Å². The third kappa shape index (κ3) is 4.10. The highest BCUT2D eigenvalue weighted by Crippen LogP contribution is 2.22. The zero-order valence-electron chi connectivity index (χ0n) is 13.1. The van der Waals surface area contributed by atoms with Gasteiger partial charge in [0.15, 0.2) is 0 Å². The highest BCUT2D eigenvalue weighted by Gasteiger charge is 2.17. The van der Waals surface area contributed by atoms with Crippen molar-refractivity contribution in [3.05, 3.63) is 52.6 Å². The number of anilines is 2. The molecule has 2 aromatic rings. The van der Waals surface area contributed by atoms with Crippen LogP contribution >= 0.6 is 15.9 Å². The van der Waals surface area contributed by atoms with Crippen molar-refractivity contribution in [2.45, 2.75) is 19.8 Å². The number of piperidine rings is 1. The van der Waals surface area contributed by atoms with E-state index in [9.17, 15) is 4.79 Å². The van der Waals surface area contributed by atoms with Gasteiger partial charge >= 0.3 is 0 Å². The Morgan fingerprint density at radius 1 is 1.26 bits per heavy atom. The van der Waals surface area contributed by atoms with Crippen molar-refractivity contribution >= 4 is 33.3 Å². The van der Waals surface area contributed by atoms with Gasteiger partial charge < -0.3 is 10.2 Å². The lowest BCUT2D eigenvalue weighted by Crippen LogP contribution is -2.34. The van der Waals surface area contributed by atoms with Crippen LogP contribution in [0.1, 0.15) is 30.1 Å². The summed E-state index contributed by atoms with van der Waals surface area (Å²) in [6.07, 6.45) is 4.23. The van der Waals surface area contributed by atoms with Gasteiger partial charge in [-0.3, -0.25) is 4.79 Å². The Balaban J connectivity index is 1.65. The van der Waals surface area contributed by atoms with Crippen LogP contribution in [0.25, 0.3) is 0 Å². The maximum absolute atomic E-state index is 12.2. The summed E-state index contributed by atoms with van der Waals surface area (Å²) in [6, 6.07) is 11.2. The Hall–Kier alpha value is -1.88. The van der Waals surface area contributed by atoms with Crippen LogP contribution in [0, 0.1) is 5.92 Å². The number of pyridine rings is 1. The first-order valence-corrected chi connectivity index (χ1v) is 8.69. The zero-order valence-corrected chi connectivity index (χ0v) is 14.7. The first-order valence-electron chi connectivity index (χ1n) is 7.90. The fourth-order valence-electron chi connectivity index (χ4n) is 2.85. The lowest BCUT2D eigenvalue weighted by molar-refractivity contribution is 0.102. The van der Waals surface area contributed by atoms with Crippen LogP contribution in [0.15, 0.2) is 47.1 Å². The Labute approximate surface area is 145 Å². The summed E-state index contributed by atoms with van der Waals surface area (Å²) in [7, 11) is 0. The fourth-order valence-corrected chi connectivity index (χ4v) is 3.11. The SMILES string of the molecule is CC1CCCN(c2ccc(NC(=O)c3ccc(Br)cc3)cn2)C1. The van der Waals surface area contributed by atoms with Gasteiger partial charge in [-0.1, -0.05) is 22.9 Å². The quantitative estimate of drug-likeness (QED) is 0.870. The summed E-state index contributed by atoms with van der Waals surface area (Å²) >= 11 is 3.36. The molecule has 1 atom stereocenters. The molecule has 3 rings (SSSR count). The van der Waals surface area contributed by atoms with E-state index < -0.39 is 0 Å². The lowest BCUT2D eigenvalue weighted by Gasteiger charge is -2.31. The van der Waals surface area contributed by atoms with Gasteiger partial charge in [0, 0.05) is 23.1 Å². The number of rotatable bonds is 3. The Kier molecular flexibility index (Phi) is 4.96. The molecular formula is C18H20BrN3O. The largest absolute Gasteiger partial charge is 0.356 e. The lowest BCUT2D eigenvalue weighted by atomic mass is 10.0. The minimum Gasteiger partial charge on any atom is -0.356 e. The molecular weight excluding hydrogens is 354 g/mol. The maximum Gasteiger partial charge on any atom is 0.255 e. The van der Waals surface area contributed by atoms with E-state index >= 15 is 0 Å². The van der Waals surface area contributed by atoms with Crippen LogP contribution in [0.5, 0.6) is 0 Å². The van der Waals surface area contributed by atoms with Crippen molar-refractivity contribution in [3.8, 4) is 0 Å². The summed E-state index contributed by atoms with van der Waals surface area (Å²) in [5, 5.41) is 2.88. The number of hydrogen-bond donors (Lipinski definition) is 1.